The van der Waals surface area contributed by atoms with Gasteiger partial charge in [-0.05, 0) is 29.7 Å². The fourth-order valence-electron chi connectivity index (χ4n) is 4.34. The van der Waals surface area contributed by atoms with Crippen molar-refractivity contribution in [3.8, 4) is 5.75 Å². The second-order valence-corrected chi connectivity index (χ2v) is 8.04. The zero-order valence-corrected chi connectivity index (χ0v) is 18.5. The molecular weight excluding hydrogens is 427 g/mol. The SMILES string of the molecule is COc1ccc(C([O-])=C2C(=O)C(=O)N(CCCN3CCOCC3)C2c2ccccc2)cc1F. The number of rotatable bonds is 7. The van der Waals surface area contributed by atoms with Crippen molar-refractivity contribution < 1.29 is 28.6 Å². The summed E-state index contributed by atoms with van der Waals surface area (Å²) in [6, 6.07) is 11.9. The van der Waals surface area contributed by atoms with Crippen molar-refractivity contribution in [3.05, 3.63) is 71.0 Å². The molecule has 4 rings (SSSR count). The summed E-state index contributed by atoms with van der Waals surface area (Å²) < 4.78 is 24.5. The molecule has 0 aromatic heterocycles. The first-order chi connectivity index (χ1) is 16.0. The smallest absolute Gasteiger partial charge is 0.295 e. The molecule has 2 fully saturated rings. The van der Waals surface area contributed by atoms with Crippen molar-refractivity contribution in [3.63, 3.8) is 0 Å². The van der Waals surface area contributed by atoms with Crippen molar-refractivity contribution in [2.75, 3.05) is 46.5 Å². The molecule has 2 aromatic rings. The van der Waals surface area contributed by atoms with Gasteiger partial charge in [0.15, 0.2) is 11.6 Å². The van der Waals surface area contributed by atoms with Gasteiger partial charge in [0.2, 0.25) is 5.78 Å². The number of nitrogens with zero attached hydrogens (tertiary/aromatic N) is 2. The fourth-order valence-corrected chi connectivity index (χ4v) is 4.34. The number of amides is 1. The quantitative estimate of drug-likeness (QED) is 0.361. The molecule has 2 aliphatic rings. The Morgan fingerprint density at radius 2 is 1.85 bits per heavy atom. The molecule has 7 nitrogen and oxygen atoms in total. The number of halogens is 1. The van der Waals surface area contributed by atoms with Crippen molar-refractivity contribution >= 4 is 17.4 Å². The van der Waals surface area contributed by atoms with Crippen LogP contribution in [-0.2, 0) is 14.3 Å². The van der Waals surface area contributed by atoms with E-state index in [1.807, 2.05) is 6.07 Å². The molecule has 0 aliphatic carbocycles. The highest BCUT2D eigenvalue weighted by Crippen LogP contribution is 2.39. The van der Waals surface area contributed by atoms with Crippen LogP contribution in [-0.4, -0.2) is 68.0 Å². The van der Waals surface area contributed by atoms with Crippen LogP contribution in [0.1, 0.15) is 23.6 Å². The lowest BCUT2D eigenvalue weighted by atomic mass is 9.95. The van der Waals surface area contributed by atoms with Crippen LogP contribution in [0.25, 0.3) is 5.76 Å². The average Bonchev–Trinajstić information content (AvgIpc) is 3.10. The molecule has 2 aromatic carbocycles. The Balaban J connectivity index is 1.66. The van der Waals surface area contributed by atoms with Crippen molar-refractivity contribution in [2.24, 2.45) is 0 Å². The maximum Gasteiger partial charge on any atom is 0.295 e. The van der Waals surface area contributed by atoms with Crippen LogP contribution in [0.5, 0.6) is 5.75 Å². The molecule has 1 unspecified atom stereocenters. The van der Waals surface area contributed by atoms with Gasteiger partial charge in [0.25, 0.3) is 5.91 Å². The van der Waals surface area contributed by atoms with Gasteiger partial charge in [-0.15, -0.1) is 0 Å². The van der Waals surface area contributed by atoms with Gasteiger partial charge in [0.05, 0.1) is 26.4 Å². The third kappa shape index (κ3) is 4.77. The molecule has 1 atom stereocenters. The number of likely N-dealkylation sites (tertiary alicyclic amines) is 1. The van der Waals surface area contributed by atoms with Crippen molar-refractivity contribution in [1.29, 1.82) is 0 Å². The predicted molar refractivity (Wildman–Crippen MR) is 118 cm³/mol. The summed E-state index contributed by atoms with van der Waals surface area (Å²) >= 11 is 0. The number of methoxy groups -OCH3 is 1. The third-order valence-corrected chi connectivity index (χ3v) is 6.04. The van der Waals surface area contributed by atoms with Crippen LogP contribution >= 0.6 is 0 Å². The number of Topliss-reactive ketones (excluding diaryl/α,β-unsaturated/α-hetero) is 1. The summed E-state index contributed by atoms with van der Waals surface area (Å²) in [5.74, 6) is -2.91. The van der Waals surface area contributed by atoms with E-state index < -0.39 is 29.3 Å². The average molecular weight is 453 g/mol. The highest BCUT2D eigenvalue weighted by Gasteiger charge is 2.43. The minimum Gasteiger partial charge on any atom is -0.872 e. The topological polar surface area (TPSA) is 82.1 Å². The number of ketones is 1. The van der Waals surface area contributed by atoms with Gasteiger partial charge in [0, 0.05) is 31.8 Å². The normalized spacial score (nSPS) is 20.9. The van der Waals surface area contributed by atoms with Crippen LogP contribution in [0.15, 0.2) is 54.1 Å². The second kappa shape index (κ2) is 10.1. The number of carbonyl (C=O) groups excluding carboxylic acids is 2. The number of ether oxygens (including phenoxy) is 2. The Morgan fingerprint density at radius 3 is 2.52 bits per heavy atom. The predicted octanol–water partition coefficient (Wildman–Crippen LogP) is 1.78. The van der Waals surface area contributed by atoms with E-state index in [0.717, 1.165) is 25.7 Å². The lowest BCUT2D eigenvalue weighted by molar-refractivity contribution is -0.245. The Labute approximate surface area is 192 Å². The standard InChI is InChI=1S/C25H27FN2O5/c1-32-20-9-8-18(16-19(20)26)23(29)21-22(17-6-3-2-4-7-17)28(25(31)24(21)30)11-5-10-27-12-14-33-15-13-27/h2-4,6-9,16,22,29H,5,10-15H2,1H3/p-1. The third-order valence-electron chi connectivity index (χ3n) is 6.04. The van der Waals surface area contributed by atoms with E-state index in [1.165, 1.54) is 24.1 Å². The summed E-state index contributed by atoms with van der Waals surface area (Å²) in [5.41, 5.74) is 0.517. The molecular formula is C25H26FN2O5-. The van der Waals surface area contributed by atoms with Crippen molar-refractivity contribution in [1.82, 2.24) is 9.80 Å². The second-order valence-electron chi connectivity index (χ2n) is 8.04. The zero-order chi connectivity index (χ0) is 23.4. The van der Waals surface area contributed by atoms with Gasteiger partial charge in [-0.3, -0.25) is 14.5 Å². The highest BCUT2D eigenvalue weighted by atomic mass is 19.1. The van der Waals surface area contributed by atoms with Gasteiger partial charge in [0.1, 0.15) is 0 Å². The molecule has 0 bridgehead atoms. The molecule has 0 spiro atoms. The first kappa shape index (κ1) is 22.9. The van der Waals surface area contributed by atoms with Crippen LogP contribution < -0.4 is 9.84 Å². The van der Waals surface area contributed by atoms with Crippen molar-refractivity contribution in [2.45, 2.75) is 12.5 Å². The number of hydrogen-bond acceptors (Lipinski definition) is 6. The maximum atomic E-state index is 14.2. The van der Waals surface area contributed by atoms with E-state index in [-0.39, 0.29) is 16.9 Å². The monoisotopic (exact) mass is 453 g/mol. The van der Waals surface area contributed by atoms with Crippen LogP contribution in [0.3, 0.4) is 0 Å². The number of morpholine rings is 1. The Morgan fingerprint density at radius 1 is 1.12 bits per heavy atom. The van der Waals surface area contributed by atoms with E-state index >= 15 is 0 Å². The maximum absolute atomic E-state index is 14.2. The summed E-state index contributed by atoms with van der Waals surface area (Å²) in [7, 11) is 1.33. The molecule has 0 N–H and O–H groups in total. The summed E-state index contributed by atoms with van der Waals surface area (Å²) in [4.78, 5) is 29.7. The lowest BCUT2D eigenvalue weighted by Crippen LogP contribution is -2.39. The zero-order valence-electron chi connectivity index (χ0n) is 18.5. The molecule has 2 aliphatic heterocycles. The van der Waals surface area contributed by atoms with E-state index in [1.54, 1.807) is 24.3 Å². The first-order valence-electron chi connectivity index (χ1n) is 11.0. The Kier molecular flexibility index (Phi) is 7.05. The minimum atomic E-state index is -0.837. The number of hydrogen-bond donors (Lipinski definition) is 0. The molecule has 174 valence electrons. The van der Waals surface area contributed by atoms with Crippen LogP contribution in [0, 0.1) is 5.82 Å². The molecule has 2 heterocycles. The molecule has 2 saturated heterocycles. The Bertz CT molecular complexity index is 1050. The molecule has 8 heteroatoms. The van der Waals surface area contributed by atoms with E-state index in [0.29, 0.717) is 31.7 Å². The molecule has 0 saturated carbocycles. The van der Waals surface area contributed by atoms with E-state index in [9.17, 15) is 19.1 Å². The molecule has 0 radical (unpaired) electrons. The van der Waals surface area contributed by atoms with E-state index in [4.69, 9.17) is 9.47 Å². The van der Waals surface area contributed by atoms with Crippen LogP contribution in [0.2, 0.25) is 0 Å². The van der Waals surface area contributed by atoms with Gasteiger partial charge >= 0.3 is 0 Å². The Hall–Kier alpha value is -3.23. The first-order valence-corrected chi connectivity index (χ1v) is 11.0. The van der Waals surface area contributed by atoms with Gasteiger partial charge in [-0.25, -0.2) is 4.39 Å². The van der Waals surface area contributed by atoms with Gasteiger partial charge in [-0.2, -0.15) is 0 Å². The lowest BCUT2D eigenvalue weighted by Gasteiger charge is -2.30. The number of benzene rings is 2. The van der Waals surface area contributed by atoms with Crippen LogP contribution in [0.4, 0.5) is 4.39 Å². The summed E-state index contributed by atoms with van der Waals surface area (Å²) in [6.07, 6.45) is 0.654. The summed E-state index contributed by atoms with van der Waals surface area (Å²) in [5, 5.41) is 13.3. The summed E-state index contributed by atoms with van der Waals surface area (Å²) in [6.45, 7) is 4.10. The minimum absolute atomic E-state index is 0.000507. The fraction of sp³-hybridized carbons (Fsp3) is 0.360. The number of carbonyl (C=O) groups is 2. The largest absolute Gasteiger partial charge is 0.872 e. The molecule has 1 amide bonds. The molecule has 33 heavy (non-hydrogen) atoms. The van der Waals surface area contributed by atoms with Gasteiger partial charge in [-0.1, -0.05) is 42.2 Å². The van der Waals surface area contributed by atoms with Gasteiger partial charge < -0.3 is 19.5 Å². The van der Waals surface area contributed by atoms with E-state index in [2.05, 4.69) is 4.90 Å². The highest BCUT2D eigenvalue weighted by molar-refractivity contribution is 6.46.